The first-order valence-electron chi connectivity index (χ1n) is 10.9. The topological polar surface area (TPSA) is 85.8 Å². The zero-order valence-corrected chi connectivity index (χ0v) is 17.4. The molecule has 0 bridgehead atoms. The highest BCUT2D eigenvalue weighted by Gasteiger charge is 2.20. The molecule has 0 saturated heterocycles. The average Bonchev–Trinajstić information content (AvgIpc) is 3.41. The molecule has 0 radical (unpaired) electrons. The Morgan fingerprint density at radius 3 is 2.94 bits per heavy atom. The van der Waals surface area contributed by atoms with Crippen molar-refractivity contribution in [3.05, 3.63) is 65.9 Å². The minimum Gasteiger partial charge on any atom is -0.356 e. The standard InChI is InChI=1S/C24H25N5O2/c30-23(26-14-11-22-27-24(31-28-22)17-6-5-13-25-16-17)12-15-29-20-9-3-1-7-18(20)19-8-2-4-10-21(19)29/h1,3,5-7,9,13,16H,2,4,8,10-12,14-15H2,(H,26,30). The van der Waals surface area contributed by atoms with Crippen molar-refractivity contribution in [3.63, 3.8) is 0 Å². The van der Waals surface area contributed by atoms with Crippen molar-refractivity contribution >= 4 is 16.8 Å². The summed E-state index contributed by atoms with van der Waals surface area (Å²) < 4.78 is 7.63. The number of carbonyl (C=O) groups excluding carboxylic acids is 1. The van der Waals surface area contributed by atoms with Crippen LogP contribution >= 0.6 is 0 Å². The van der Waals surface area contributed by atoms with E-state index in [4.69, 9.17) is 4.52 Å². The third kappa shape index (κ3) is 4.08. The molecule has 0 fully saturated rings. The molecule has 158 valence electrons. The van der Waals surface area contributed by atoms with Gasteiger partial charge in [-0.1, -0.05) is 23.4 Å². The van der Waals surface area contributed by atoms with Crippen LogP contribution < -0.4 is 5.32 Å². The molecule has 4 aromatic rings. The van der Waals surface area contributed by atoms with Crippen LogP contribution in [-0.4, -0.2) is 32.1 Å². The Morgan fingerprint density at radius 1 is 1.13 bits per heavy atom. The number of benzene rings is 1. The Balaban J connectivity index is 1.17. The Morgan fingerprint density at radius 2 is 2.03 bits per heavy atom. The smallest absolute Gasteiger partial charge is 0.259 e. The molecule has 3 aromatic heterocycles. The maximum Gasteiger partial charge on any atom is 0.259 e. The summed E-state index contributed by atoms with van der Waals surface area (Å²) >= 11 is 0. The van der Waals surface area contributed by atoms with Crippen LogP contribution in [0.25, 0.3) is 22.4 Å². The molecule has 1 N–H and O–H groups in total. The zero-order chi connectivity index (χ0) is 21.0. The first kappa shape index (κ1) is 19.5. The number of aryl methyl sites for hydroxylation is 2. The molecule has 3 heterocycles. The van der Waals surface area contributed by atoms with Crippen LogP contribution in [0, 0.1) is 0 Å². The highest BCUT2D eigenvalue weighted by atomic mass is 16.5. The van der Waals surface area contributed by atoms with Crippen LogP contribution in [0.15, 0.2) is 53.3 Å². The summed E-state index contributed by atoms with van der Waals surface area (Å²) in [5, 5.41) is 8.32. The number of amides is 1. The predicted octanol–water partition coefficient (Wildman–Crippen LogP) is 3.71. The molecule has 7 heteroatoms. The normalized spacial score (nSPS) is 13.3. The zero-order valence-electron chi connectivity index (χ0n) is 17.4. The second-order valence-electron chi connectivity index (χ2n) is 7.91. The minimum absolute atomic E-state index is 0.0401. The molecule has 1 amide bonds. The summed E-state index contributed by atoms with van der Waals surface area (Å²) in [5.41, 5.74) is 4.92. The van der Waals surface area contributed by atoms with E-state index in [9.17, 15) is 4.79 Å². The summed E-state index contributed by atoms with van der Waals surface area (Å²) in [7, 11) is 0. The number of carbonyl (C=O) groups is 1. The van der Waals surface area contributed by atoms with E-state index in [1.807, 2.05) is 12.1 Å². The first-order valence-corrected chi connectivity index (χ1v) is 10.9. The minimum atomic E-state index is 0.0401. The molecule has 5 rings (SSSR count). The van der Waals surface area contributed by atoms with Gasteiger partial charge < -0.3 is 14.4 Å². The molecule has 7 nitrogen and oxygen atoms in total. The summed E-state index contributed by atoms with van der Waals surface area (Å²) in [6.07, 6.45) is 9.08. The molecular weight excluding hydrogens is 390 g/mol. The van der Waals surface area contributed by atoms with Gasteiger partial charge in [0, 0.05) is 54.9 Å². The lowest BCUT2D eigenvalue weighted by Gasteiger charge is -2.16. The van der Waals surface area contributed by atoms with E-state index in [-0.39, 0.29) is 5.91 Å². The van der Waals surface area contributed by atoms with Gasteiger partial charge in [-0.25, -0.2) is 0 Å². The van der Waals surface area contributed by atoms with Gasteiger partial charge in [-0.2, -0.15) is 4.98 Å². The van der Waals surface area contributed by atoms with E-state index in [1.54, 1.807) is 12.4 Å². The largest absolute Gasteiger partial charge is 0.356 e. The van der Waals surface area contributed by atoms with Crippen molar-refractivity contribution in [1.29, 1.82) is 0 Å². The lowest BCUT2D eigenvalue weighted by Crippen LogP contribution is -2.27. The highest BCUT2D eigenvalue weighted by Crippen LogP contribution is 2.32. The quantitative estimate of drug-likeness (QED) is 0.497. The number of aromatic nitrogens is 4. The summed E-state index contributed by atoms with van der Waals surface area (Å²) in [5.74, 6) is 1.06. The van der Waals surface area contributed by atoms with E-state index < -0.39 is 0 Å². The fourth-order valence-electron chi connectivity index (χ4n) is 4.42. The number of hydrogen-bond donors (Lipinski definition) is 1. The van der Waals surface area contributed by atoms with Gasteiger partial charge >= 0.3 is 0 Å². The van der Waals surface area contributed by atoms with Crippen LogP contribution in [0.1, 0.15) is 36.3 Å². The summed E-state index contributed by atoms with van der Waals surface area (Å²) in [6.45, 7) is 1.18. The molecule has 0 aliphatic heterocycles. The van der Waals surface area contributed by atoms with Gasteiger partial charge in [0.2, 0.25) is 5.91 Å². The second kappa shape index (κ2) is 8.71. The lowest BCUT2D eigenvalue weighted by molar-refractivity contribution is -0.121. The van der Waals surface area contributed by atoms with Crippen LogP contribution in [0.2, 0.25) is 0 Å². The van der Waals surface area contributed by atoms with Crippen molar-refractivity contribution in [2.75, 3.05) is 6.54 Å². The van der Waals surface area contributed by atoms with Gasteiger partial charge in [0.1, 0.15) is 0 Å². The molecule has 1 aromatic carbocycles. The molecular formula is C24H25N5O2. The Hall–Kier alpha value is -3.48. The Labute approximate surface area is 180 Å². The van der Waals surface area contributed by atoms with Gasteiger partial charge in [0.05, 0.1) is 5.56 Å². The third-order valence-corrected chi connectivity index (χ3v) is 5.89. The van der Waals surface area contributed by atoms with Crippen molar-refractivity contribution in [3.8, 4) is 11.5 Å². The number of nitrogens with one attached hydrogen (secondary N) is 1. The predicted molar refractivity (Wildman–Crippen MR) is 117 cm³/mol. The molecule has 1 aliphatic rings. The van der Waals surface area contributed by atoms with Gasteiger partial charge in [-0.3, -0.25) is 9.78 Å². The summed E-state index contributed by atoms with van der Waals surface area (Å²) in [6, 6.07) is 12.3. The van der Waals surface area contributed by atoms with Gasteiger partial charge in [-0.05, 0) is 49.4 Å². The van der Waals surface area contributed by atoms with E-state index >= 15 is 0 Å². The van der Waals surface area contributed by atoms with E-state index in [1.165, 1.54) is 35.0 Å². The number of hydrogen-bond acceptors (Lipinski definition) is 5. The second-order valence-corrected chi connectivity index (χ2v) is 7.91. The third-order valence-electron chi connectivity index (χ3n) is 5.89. The van der Waals surface area contributed by atoms with Crippen molar-refractivity contribution < 1.29 is 9.32 Å². The van der Waals surface area contributed by atoms with Crippen molar-refractivity contribution in [1.82, 2.24) is 25.0 Å². The number of pyridine rings is 1. The van der Waals surface area contributed by atoms with Crippen molar-refractivity contribution in [2.24, 2.45) is 0 Å². The molecule has 0 saturated carbocycles. The molecule has 0 atom stereocenters. The summed E-state index contributed by atoms with van der Waals surface area (Å²) in [4.78, 5) is 20.9. The maximum absolute atomic E-state index is 12.5. The number of nitrogens with zero attached hydrogens (tertiary/aromatic N) is 4. The van der Waals surface area contributed by atoms with E-state index in [0.717, 1.165) is 18.4 Å². The van der Waals surface area contributed by atoms with Gasteiger partial charge in [-0.15, -0.1) is 0 Å². The number of fused-ring (bicyclic) bond motifs is 3. The van der Waals surface area contributed by atoms with Crippen molar-refractivity contribution in [2.45, 2.75) is 45.1 Å². The number of rotatable bonds is 7. The molecule has 0 unspecified atom stereocenters. The Bertz CT molecular complexity index is 1200. The SMILES string of the molecule is O=C(CCn1c2c(c3ccccc31)CCCC2)NCCc1noc(-c2cccnc2)n1. The molecule has 31 heavy (non-hydrogen) atoms. The first-order chi connectivity index (χ1) is 15.3. The fourth-order valence-corrected chi connectivity index (χ4v) is 4.42. The molecule has 1 aliphatic carbocycles. The maximum atomic E-state index is 12.5. The number of para-hydroxylation sites is 1. The average molecular weight is 415 g/mol. The molecule has 0 spiro atoms. The van der Waals surface area contributed by atoms with Crippen LogP contribution in [0.5, 0.6) is 0 Å². The van der Waals surface area contributed by atoms with Crippen LogP contribution in [0.3, 0.4) is 0 Å². The van der Waals surface area contributed by atoms with E-state index in [2.05, 4.69) is 49.3 Å². The lowest BCUT2D eigenvalue weighted by atomic mass is 9.95. The van der Waals surface area contributed by atoms with Gasteiger partial charge in [0.25, 0.3) is 5.89 Å². The van der Waals surface area contributed by atoms with E-state index in [0.29, 0.717) is 37.6 Å². The monoisotopic (exact) mass is 415 g/mol. The highest BCUT2D eigenvalue weighted by molar-refractivity contribution is 5.86. The fraction of sp³-hybridized carbons (Fsp3) is 0.333. The Kier molecular flexibility index (Phi) is 5.48. The van der Waals surface area contributed by atoms with Crippen LogP contribution in [0.4, 0.5) is 0 Å². The van der Waals surface area contributed by atoms with Gasteiger partial charge in [0.15, 0.2) is 5.82 Å². The van der Waals surface area contributed by atoms with Crippen LogP contribution in [-0.2, 0) is 30.6 Å².